The van der Waals surface area contributed by atoms with Crippen LogP contribution < -0.4 is 0 Å². The van der Waals surface area contributed by atoms with E-state index in [1.165, 1.54) is 270 Å². The van der Waals surface area contributed by atoms with Crippen LogP contribution in [0.1, 0.15) is 446 Å². The van der Waals surface area contributed by atoms with Gasteiger partial charge in [0, 0.05) is 25.7 Å². The fourth-order valence-electron chi connectivity index (χ4n) is 12.9. The topological polar surface area (TPSA) is 237 Å². The monoisotopic (exact) mass is 1490 g/mol. The van der Waals surface area contributed by atoms with Crippen molar-refractivity contribution < 1.29 is 80.2 Å². The summed E-state index contributed by atoms with van der Waals surface area (Å²) in [4.78, 5) is 73.0. The zero-order chi connectivity index (χ0) is 74.8. The molecule has 0 saturated heterocycles. The highest BCUT2D eigenvalue weighted by Gasteiger charge is 2.30. The lowest BCUT2D eigenvalue weighted by molar-refractivity contribution is -0.161. The van der Waals surface area contributed by atoms with Crippen molar-refractivity contribution in [2.45, 2.75) is 464 Å². The summed E-state index contributed by atoms with van der Waals surface area (Å²) in [6.45, 7) is 7.33. The molecule has 0 bridgehead atoms. The lowest BCUT2D eigenvalue weighted by atomic mass is 10.0. The Morgan fingerprint density at radius 3 is 0.667 bits per heavy atom. The van der Waals surface area contributed by atoms with Crippen LogP contribution in [0.3, 0.4) is 0 Å². The van der Waals surface area contributed by atoms with Gasteiger partial charge in [-0.2, -0.15) is 0 Å². The summed E-state index contributed by atoms with van der Waals surface area (Å²) in [6.07, 6.45) is 68.1. The molecule has 3 N–H and O–H groups in total. The molecule has 2 unspecified atom stereocenters. The zero-order valence-corrected chi connectivity index (χ0v) is 68.5. The van der Waals surface area contributed by atoms with E-state index in [0.717, 1.165) is 95.8 Å². The first kappa shape index (κ1) is 100. The van der Waals surface area contributed by atoms with Crippen molar-refractivity contribution in [3.8, 4) is 0 Å². The maximum Gasteiger partial charge on any atom is 0.472 e. The molecule has 0 amide bonds. The van der Waals surface area contributed by atoms with Gasteiger partial charge < -0.3 is 33.8 Å². The highest BCUT2D eigenvalue weighted by atomic mass is 31.2. The van der Waals surface area contributed by atoms with Crippen LogP contribution in [0.5, 0.6) is 0 Å². The fraction of sp³-hybridized carbons (Fsp3) is 0.952. The Bertz CT molecular complexity index is 1940. The molecule has 0 aliphatic carbocycles. The van der Waals surface area contributed by atoms with E-state index < -0.39 is 97.5 Å². The van der Waals surface area contributed by atoms with Gasteiger partial charge in [-0.25, -0.2) is 9.13 Å². The van der Waals surface area contributed by atoms with Crippen molar-refractivity contribution in [1.29, 1.82) is 0 Å². The number of hydrogen-bond acceptors (Lipinski definition) is 15. The summed E-state index contributed by atoms with van der Waals surface area (Å²) in [5, 5.41) is 10.6. The predicted octanol–water partition coefficient (Wildman–Crippen LogP) is 25.2. The smallest absolute Gasteiger partial charge is 0.462 e. The highest BCUT2D eigenvalue weighted by molar-refractivity contribution is 7.47. The molecule has 0 aliphatic rings. The van der Waals surface area contributed by atoms with Crippen LogP contribution in [0.25, 0.3) is 0 Å². The third-order valence-electron chi connectivity index (χ3n) is 19.5. The van der Waals surface area contributed by atoms with Gasteiger partial charge in [0.05, 0.1) is 26.4 Å². The molecule has 0 aromatic rings. The second-order valence-corrected chi connectivity index (χ2v) is 33.3. The van der Waals surface area contributed by atoms with Gasteiger partial charge in [0.2, 0.25) is 0 Å². The molecule has 0 radical (unpaired) electrons. The number of esters is 4. The van der Waals surface area contributed by atoms with Crippen LogP contribution >= 0.6 is 15.6 Å². The van der Waals surface area contributed by atoms with Crippen LogP contribution in [-0.2, 0) is 65.4 Å². The number of phosphoric ester groups is 2. The Hall–Kier alpha value is -1.94. The Labute approximate surface area is 626 Å². The number of carbonyl (C=O) groups is 4. The van der Waals surface area contributed by atoms with E-state index in [1.54, 1.807) is 0 Å². The molecule has 0 heterocycles. The van der Waals surface area contributed by atoms with Gasteiger partial charge in [0.25, 0.3) is 0 Å². The van der Waals surface area contributed by atoms with Gasteiger partial charge >= 0.3 is 39.5 Å². The van der Waals surface area contributed by atoms with E-state index >= 15 is 0 Å². The first-order chi connectivity index (χ1) is 49.5. The average molecular weight is 1490 g/mol. The molecule has 0 spiro atoms. The van der Waals surface area contributed by atoms with E-state index in [9.17, 15) is 43.2 Å². The first-order valence-corrected chi connectivity index (χ1v) is 46.1. The minimum atomic E-state index is -4.96. The molecule has 0 rings (SSSR count). The van der Waals surface area contributed by atoms with Crippen molar-refractivity contribution in [3.05, 3.63) is 0 Å². The maximum absolute atomic E-state index is 13.1. The molecular formula is C83H162O17P2. The van der Waals surface area contributed by atoms with Gasteiger partial charge in [-0.05, 0) is 31.6 Å². The normalized spacial score (nSPS) is 13.8. The summed E-state index contributed by atoms with van der Waals surface area (Å²) < 4.78 is 68.7. The maximum atomic E-state index is 13.1. The van der Waals surface area contributed by atoms with Crippen molar-refractivity contribution in [1.82, 2.24) is 0 Å². The Kier molecular flexibility index (Phi) is 74.4. The number of ether oxygens (including phenoxy) is 4. The highest BCUT2D eigenvalue weighted by Crippen LogP contribution is 2.45. The summed E-state index contributed by atoms with van der Waals surface area (Å²) in [5.74, 6) is -1.33. The molecular weight excluding hydrogens is 1330 g/mol. The van der Waals surface area contributed by atoms with E-state index in [-0.39, 0.29) is 25.7 Å². The standard InChI is InChI=1S/C83H162O17P2/c1-6-9-12-15-18-21-23-25-27-29-30-31-32-33-34-36-38-43-48-53-58-63-68-82(87)100-79(73-94-81(86)67-62-57-52-47-42-37-35-28-26-24-22-19-16-13-10-7-2)75-98-102(91,92)96-71-77(84)70-95-101(89,90)97-74-78(72-93-80(85)66-61-56-51-45-20-17-14-11-8-3)99-83(88)69-64-59-54-49-44-40-39-41-46-50-55-60-65-76(4)5/h76-79,84H,6-75H2,1-5H3,(H,89,90)(H,91,92)/t77-,78+,79+/m0/s1. The summed E-state index contributed by atoms with van der Waals surface area (Å²) in [5.41, 5.74) is 0. The largest absolute Gasteiger partial charge is 0.472 e. The molecule has 0 aromatic carbocycles. The minimum Gasteiger partial charge on any atom is -0.462 e. The van der Waals surface area contributed by atoms with Crippen molar-refractivity contribution in [2.24, 2.45) is 5.92 Å². The van der Waals surface area contributed by atoms with Crippen molar-refractivity contribution in [3.63, 3.8) is 0 Å². The summed E-state index contributed by atoms with van der Waals surface area (Å²) in [7, 11) is -9.92. The molecule has 5 atom stereocenters. The second kappa shape index (κ2) is 75.9. The summed E-state index contributed by atoms with van der Waals surface area (Å²) >= 11 is 0. The van der Waals surface area contributed by atoms with E-state index in [4.69, 9.17) is 37.0 Å². The number of rotatable bonds is 83. The lowest BCUT2D eigenvalue weighted by Crippen LogP contribution is -2.30. The number of carbonyl (C=O) groups excluding carboxylic acids is 4. The minimum absolute atomic E-state index is 0.107. The van der Waals surface area contributed by atoms with E-state index in [0.29, 0.717) is 25.7 Å². The predicted molar refractivity (Wildman–Crippen MR) is 418 cm³/mol. The zero-order valence-electron chi connectivity index (χ0n) is 66.8. The van der Waals surface area contributed by atoms with Gasteiger partial charge in [-0.15, -0.1) is 0 Å². The molecule has 17 nitrogen and oxygen atoms in total. The average Bonchev–Trinajstić information content (AvgIpc) is 0.909. The SMILES string of the molecule is CCCCCCCCCCCCCCCCCCCCCCCCC(=O)O[C@H](COC(=O)CCCCCCCCCCCCCCCCCC)COP(=O)(O)OC[C@@H](O)COP(=O)(O)OC[C@@H](COC(=O)CCCCCCCCCCC)OC(=O)CCCCCCCCCCCCCCC(C)C. The number of aliphatic hydroxyl groups is 1. The third kappa shape index (κ3) is 76.3. The third-order valence-corrected chi connectivity index (χ3v) is 21.4. The molecule has 0 fully saturated rings. The van der Waals surface area contributed by atoms with E-state index in [1.807, 2.05) is 0 Å². The van der Waals surface area contributed by atoms with Gasteiger partial charge in [0.15, 0.2) is 12.2 Å². The van der Waals surface area contributed by atoms with Gasteiger partial charge in [-0.3, -0.25) is 37.3 Å². The molecule has 0 aromatic heterocycles. The first-order valence-electron chi connectivity index (χ1n) is 43.1. The molecule has 19 heteroatoms. The molecule has 0 aliphatic heterocycles. The number of unbranched alkanes of at least 4 members (excludes halogenated alkanes) is 55. The second-order valence-electron chi connectivity index (χ2n) is 30.3. The Balaban J connectivity index is 5.19. The quantitative estimate of drug-likeness (QED) is 0.0222. The van der Waals surface area contributed by atoms with Crippen LogP contribution in [0, 0.1) is 5.92 Å². The van der Waals surface area contributed by atoms with Crippen LogP contribution in [-0.4, -0.2) is 96.7 Å². The number of hydrogen-bond donors (Lipinski definition) is 3. The number of aliphatic hydroxyl groups excluding tert-OH is 1. The Morgan fingerprint density at radius 1 is 0.265 bits per heavy atom. The van der Waals surface area contributed by atoms with Gasteiger partial charge in [-0.1, -0.05) is 394 Å². The van der Waals surface area contributed by atoms with Gasteiger partial charge in [0.1, 0.15) is 19.3 Å². The number of phosphoric acid groups is 2. The van der Waals surface area contributed by atoms with E-state index in [2.05, 4.69) is 34.6 Å². The van der Waals surface area contributed by atoms with Crippen LogP contribution in [0.15, 0.2) is 0 Å². The Morgan fingerprint density at radius 2 is 0.451 bits per heavy atom. The summed E-state index contributed by atoms with van der Waals surface area (Å²) in [6, 6.07) is 0. The van der Waals surface area contributed by atoms with Crippen LogP contribution in [0.4, 0.5) is 0 Å². The lowest BCUT2D eigenvalue weighted by Gasteiger charge is -2.21. The molecule has 606 valence electrons. The fourth-order valence-corrected chi connectivity index (χ4v) is 14.5. The molecule has 0 saturated carbocycles. The van der Waals surface area contributed by atoms with Crippen molar-refractivity contribution in [2.75, 3.05) is 39.6 Å². The molecule has 102 heavy (non-hydrogen) atoms. The van der Waals surface area contributed by atoms with Crippen molar-refractivity contribution >= 4 is 39.5 Å². The van der Waals surface area contributed by atoms with Crippen LogP contribution in [0.2, 0.25) is 0 Å².